The molecular weight excluding hydrogens is 192 g/mol. The Hall–Kier alpha value is -2.34. The molecule has 70 valence electrons. The molecule has 2 aliphatic heterocycles. The van der Waals surface area contributed by atoms with Crippen molar-refractivity contribution in [3.63, 3.8) is 0 Å². The van der Waals surface area contributed by atoms with Crippen LogP contribution in [0.25, 0.3) is 0 Å². The lowest BCUT2D eigenvalue weighted by Crippen LogP contribution is -2.45. The second kappa shape index (κ2) is 2.58. The van der Waals surface area contributed by atoms with Crippen molar-refractivity contribution >= 4 is 0 Å². The van der Waals surface area contributed by atoms with E-state index in [0.717, 1.165) is 0 Å². The zero-order chi connectivity index (χ0) is 11.1. The second-order valence-corrected chi connectivity index (χ2v) is 3.43. The topological polar surface area (TPSA) is 104 Å². The highest BCUT2D eigenvalue weighted by molar-refractivity contribution is 5.47. The van der Waals surface area contributed by atoms with Gasteiger partial charge in [-0.25, -0.2) is 0 Å². The molecule has 15 heavy (non-hydrogen) atoms. The Kier molecular flexibility index (Phi) is 1.59. The Balaban J connectivity index is 2.74. The zero-order valence-electron chi connectivity index (χ0n) is 7.51. The van der Waals surface area contributed by atoms with Crippen molar-refractivity contribution in [3.05, 3.63) is 12.2 Å². The van der Waals surface area contributed by atoms with Gasteiger partial charge < -0.3 is 4.74 Å². The van der Waals surface area contributed by atoms with Gasteiger partial charge in [0.1, 0.15) is 12.2 Å². The van der Waals surface area contributed by atoms with Gasteiger partial charge in [-0.05, 0) is 0 Å². The maximum absolute atomic E-state index is 9.05. The summed E-state index contributed by atoms with van der Waals surface area (Å²) >= 11 is 0. The van der Waals surface area contributed by atoms with E-state index in [4.69, 9.17) is 25.8 Å². The van der Waals surface area contributed by atoms with Gasteiger partial charge in [0.25, 0.3) is 0 Å². The maximum atomic E-state index is 9.05. The third-order valence-electron chi connectivity index (χ3n) is 2.93. The summed E-state index contributed by atoms with van der Waals surface area (Å²) in [4.78, 5) is 0. The van der Waals surface area contributed by atoms with Gasteiger partial charge in [0.15, 0.2) is 0 Å². The summed E-state index contributed by atoms with van der Waals surface area (Å²) in [5.41, 5.74) is -3.42. The fourth-order valence-corrected chi connectivity index (χ4v) is 2.05. The Morgan fingerprint density at radius 1 is 0.800 bits per heavy atom. The molecule has 0 N–H and O–H groups in total. The molecule has 5 nitrogen and oxygen atoms in total. The standard InChI is InChI=1S/C10H4N4O/c11-3-9(4-12)7-1-2-8(15-7)10(9,5-13)6-14/h1-2,7-8H. The summed E-state index contributed by atoms with van der Waals surface area (Å²) in [5, 5.41) is 36.2. The molecule has 1 saturated heterocycles. The highest BCUT2D eigenvalue weighted by atomic mass is 16.5. The molecule has 0 amide bonds. The van der Waals surface area contributed by atoms with Gasteiger partial charge in [-0.2, -0.15) is 21.0 Å². The van der Waals surface area contributed by atoms with Crippen molar-refractivity contribution in [1.82, 2.24) is 0 Å². The molecule has 0 saturated carbocycles. The van der Waals surface area contributed by atoms with E-state index in [-0.39, 0.29) is 0 Å². The number of hydrogen-bond donors (Lipinski definition) is 0. The lowest BCUT2D eigenvalue weighted by atomic mass is 9.61. The van der Waals surface area contributed by atoms with Gasteiger partial charge in [-0.3, -0.25) is 0 Å². The molecule has 2 atom stereocenters. The number of fused-ring (bicyclic) bond motifs is 2. The van der Waals surface area contributed by atoms with Gasteiger partial charge in [0.2, 0.25) is 10.8 Å². The maximum Gasteiger partial charge on any atom is 0.207 e. The van der Waals surface area contributed by atoms with Crippen LogP contribution in [0.3, 0.4) is 0 Å². The van der Waals surface area contributed by atoms with E-state index in [9.17, 15) is 0 Å². The van der Waals surface area contributed by atoms with Crippen molar-refractivity contribution in [2.24, 2.45) is 10.8 Å². The lowest BCUT2D eigenvalue weighted by Gasteiger charge is -2.28. The van der Waals surface area contributed by atoms with Crippen LogP contribution in [0.1, 0.15) is 0 Å². The van der Waals surface area contributed by atoms with Crippen LogP contribution in [0.15, 0.2) is 12.2 Å². The zero-order valence-corrected chi connectivity index (χ0v) is 7.51. The number of hydrogen-bond acceptors (Lipinski definition) is 5. The molecular formula is C10H4N4O. The Morgan fingerprint density at radius 3 is 1.40 bits per heavy atom. The van der Waals surface area contributed by atoms with E-state index >= 15 is 0 Å². The highest BCUT2D eigenvalue weighted by Crippen LogP contribution is 2.55. The summed E-state index contributed by atoms with van der Waals surface area (Å²) in [6, 6.07) is 7.08. The molecule has 2 bridgehead atoms. The third-order valence-corrected chi connectivity index (χ3v) is 2.93. The van der Waals surface area contributed by atoms with Gasteiger partial charge in [0, 0.05) is 0 Å². The van der Waals surface area contributed by atoms with E-state index in [1.54, 1.807) is 36.4 Å². The lowest BCUT2D eigenvalue weighted by molar-refractivity contribution is 0.1000. The van der Waals surface area contributed by atoms with Gasteiger partial charge in [0.05, 0.1) is 24.3 Å². The Bertz CT molecular complexity index is 434. The van der Waals surface area contributed by atoms with Crippen LogP contribution >= 0.6 is 0 Å². The van der Waals surface area contributed by atoms with Crippen LogP contribution in [0.2, 0.25) is 0 Å². The largest absolute Gasteiger partial charge is 0.361 e. The minimum atomic E-state index is -1.71. The van der Waals surface area contributed by atoms with E-state index in [0.29, 0.717) is 0 Å². The number of rotatable bonds is 0. The van der Waals surface area contributed by atoms with Crippen LogP contribution in [-0.4, -0.2) is 12.2 Å². The molecule has 0 spiro atoms. The Labute approximate surface area is 86.0 Å². The van der Waals surface area contributed by atoms with E-state index in [1.807, 2.05) is 0 Å². The summed E-state index contributed by atoms with van der Waals surface area (Å²) in [5.74, 6) is 0. The molecule has 5 heteroatoms. The summed E-state index contributed by atoms with van der Waals surface area (Å²) in [6.45, 7) is 0. The molecule has 0 aromatic heterocycles. The van der Waals surface area contributed by atoms with Crippen molar-refractivity contribution in [3.8, 4) is 24.3 Å². The fraction of sp³-hybridized carbons (Fsp3) is 0.400. The fourth-order valence-electron chi connectivity index (χ4n) is 2.05. The summed E-state index contributed by atoms with van der Waals surface area (Å²) in [7, 11) is 0. The summed E-state index contributed by atoms with van der Waals surface area (Å²) in [6.07, 6.45) is 1.56. The van der Waals surface area contributed by atoms with Crippen molar-refractivity contribution in [2.75, 3.05) is 0 Å². The van der Waals surface area contributed by atoms with Crippen LogP contribution in [0, 0.1) is 56.2 Å². The predicted molar refractivity (Wildman–Crippen MR) is 45.1 cm³/mol. The average Bonchev–Trinajstić information content (AvgIpc) is 2.85. The first kappa shape index (κ1) is 9.22. The molecule has 2 unspecified atom stereocenters. The first-order chi connectivity index (χ1) is 7.20. The SMILES string of the molecule is N#CC1(C#N)C2C=CC(O2)C1(C#N)C#N. The smallest absolute Gasteiger partial charge is 0.207 e. The van der Waals surface area contributed by atoms with Gasteiger partial charge >= 0.3 is 0 Å². The average molecular weight is 196 g/mol. The summed E-state index contributed by atoms with van der Waals surface area (Å²) < 4.78 is 5.27. The van der Waals surface area contributed by atoms with Crippen LogP contribution in [0.5, 0.6) is 0 Å². The van der Waals surface area contributed by atoms with E-state index < -0.39 is 23.0 Å². The van der Waals surface area contributed by atoms with Crippen molar-refractivity contribution in [1.29, 1.82) is 21.0 Å². The Morgan fingerprint density at radius 2 is 1.13 bits per heavy atom. The quantitative estimate of drug-likeness (QED) is 0.521. The molecule has 2 aliphatic rings. The minimum Gasteiger partial charge on any atom is -0.361 e. The number of ether oxygens (including phenoxy) is 1. The van der Waals surface area contributed by atoms with Crippen LogP contribution < -0.4 is 0 Å². The van der Waals surface area contributed by atoms with Crippen LogP contribution in [-0.2, 0) is 4.74 Å². The normalized spacial score (nSPS) is 32.3. The van der Waals surface area contributed by atoms with Crippen molar-refractivity contribution in [2.45, 2.75) is 12.2 Å². The molecule has 2 rings (SSSR count). The van der Waals surface area contributed by atoms with Crippen LogP contribution in [0.4, 0.5) is 0 Å². The molecule has 0 radical (unpaired) electrons. The first-order valence-electron chi connectivity index (χ1n) is 4.19. The molecule has 2 heterocycles. The number of nitriles is 4. The highest BCUT2D eigenvalue weighted by Gasteiger charge is 2.71. The molecule has 0 aromatic carbocycles. The number of nitrogens with zero attached hydrogens (tertiary/aromatic N) is 4. The third kappa shape index (κ3) is 0.692. The molecule has 0 aromatic rings. The van der Waals surface area contributed by atoms with Gasteiger partial charge in [-0.1, -0.05) is 12.2 Å². The first-order valence-corrected chi connectivity index (χ1v) is 4.19. The molecule has 1 fully saturated rings. The van der Waals surface area contributed by atoms with Crippen molar-refractivity contribution < 1.29 is 4.74 Å². The van der Waals surface area contributed by atoms with E-state index in [1.165, 1.54) is 0 Å². The van der Waals surface area contributed by atoms with E-state index in [2.05, 4.69) is 0 Å². The minimum absolute atomic E-state index is 0.781. The monoisotopic (exact) mass is 196 g/mol. The predicted octanol–water partition coefficient (Wildman–Crippen LogP) is 0.391. The second-order valence-electron chi connectivity index (χ2n) is 3.43. The van der Waals surface area contributed by atoms with Gasteiger partial charge in [-0.15, -0.1) is 0 Å². The molecule has 0 aliphatic carbocycles.